The average molecular weight is 941 g/mol. The number of hydrogen-bond acceptors (Lipinski definition) is 25. The molecule has 11 unspecified atom stereocenters. The first-order valence-corrected chi connectivity index (χ1v) is 20.6. The van der Waals surface area contributed by atoms with E-state index in [0.29, 0.717) is 0 Å². The topological polar surface area (TPSA) is 446 Å². The maximum Gasteiger partial charge on any atom is 0.217 e. The minimum absolute atomic E-state index is 0.546. The summed E-state index contributed by atoms with van der Waals surface area (Å²) < 4.78 is 39.3. The first-order valence-electron chi connectivity index (χ1n) is 20.6. The van der Waals surface area contributed by atoms with E-state index in [1.54, 1.807) is 0 Å². The van der Waals surface area contributed by atoms with Crippen LogP contribution in [0.25, 0.3) is 0 Å². The summed E-state index contributed by atoms with van der Waals surface area (Å²) in [7, 11) is 0. The number of hydrogen-bond donors (Lipinski definition) is 18. The van der Waals surface area contributed by atoms with Gasteiger partial charge >= 0.3 is 0 Å². The first kappa shape index (κ1) is 56.3. The van der Waals surface area contributed by atoms with Crippen LogP contribution in [0, 0.1) is 11.8 Å². The van der Waals surface area contributed by atoms with E-state index in [1.165, 1.54) is 27.7 Å². The number of nitrogens with one attached hydrogen (secondary N) is 2. The fourth-order valence-corrected chi connectivity index (χ4v) is 7.47. The van der Waals surface area contributed by atoms with Crippen molar-refractivity contribution in [1.82, 2.24) is 10.6 Å². The van der Waals surface area contributed by atoms with E-state index < -0.39 is 198 Å². The van der Waals surface area contributed by atoms with Crippen LogP contribution in [0.2, 0.25) is 0 Å². The molecular weight excluding hydrogens is 872 g/mol. The van der Waals surface area contributed by atoms with Crippen molar-refractivity contribution in [1.29, 1.82) is 0 Å². The molecule has 0 saturated carbocycles. The molecule has 27 heteroatoms. The Balaban J connectivity index is 1.90. The van der Waals surface area contributed by atoms with Gasteiger partial charge in [-0.3, -0.25) is 9.59 Å². The van der Waals surface area contributed by atoms with Gasteiger partial charge in [-0.15, -0.1) is 0 Å². The zero-order valence-electron chi connectivity index (χ0n) is 35.8. The molecule has 3 rings (SSSR count). The Labute approximate surface area is 367 Å². The van der Waals surface area contributed by atoms with Crippen molar-refractivity contribution in [3.63, 3.8) is 0 Å². The minimum atomic E-state index is -2.59. The van der Waals surface area contributed by atoms with E-state index in [-0.39, 0.29) is 0 Å². The van der Waals surface area contributed by atoms with Gasteiger partial charge < -0.3 is 125 Å². The van der Waals surface area contributed by atoms with Crippen molar-refractivity contribution in [2.75, 3.05) is 33.0 Å². The molecule has 3 fully saturated rings. The van der Waals surface area contributed by atoms with E-state index >= 15 is 0 Å². The van der Waals surface area contributed by atoms with Gasteiger partial charge in [0.05, 0.1) is 50.8 Å². The molecule has 18 N–H and O–H groups in total. The Morgan fingerprint density at radius 2 is 1.09 bits per heavy atom. The molecule has 0 bridgehead atoms. The summed E-state index contributed by atoms with van der Waals surface area (Å²) in [4.78, 5) is 24.3. The third-order valence-corrected chi connectivity index (χ3v) is 11.4. The number of aliphatic hydroxyl groups is 16. The van der Waals surface area contributed by atoms with Crippen LogP contribution in [-0.2, 0) is 42.7 Å². The summed E-state index contributed by atoms with van der Waals surface area (Å²) in [5.41, 5.74) is 0. The van der Waals surface area contributed by atoms with Crippen LogP contribution in [0.1, 0.15) is 34.6 Å². The van der Waals surface area contributed by atoms with Crippen LogP contribution in [0.5, 0.6) is 0 Å². The summed E-state index contributed by atoms with van der Waals surface area (Å²) in [5.74, 6) is -3.60. The van der Waals surface area contributed by atoms with E-state index in [1.807, 2.05) is 0 Å². The van der Waals surface area contributed by atoms with Crippen molar-refractivity contribution in [3.8, 4) is 0 Å². The highest BCUT2D eigenvalue weighted by Gasteiger charge is 2.53. The van der Waals surface area contributed by atoms with Gasteiger partial charge in [0.2, 0.25) is 11.8 Å². The van der Waals surface area contributed by atoms with Crippen LogP contribution in [0.3, 0.4) is 0 Å². The van der Waals surface area contributed by atoms with E-state index in [0.717, 1.165) is 6.92 Å². The van der Waals surface area contributed by atoms with Crippen LogP contribution in [-0.4, -0.2) is 268 Å². The lowest BCUT2D eigenvalue weighted by atomic mass is 9.92. The zero-order chi connectivity index (χ0) is 48.5. The number of ether oxygens (including phenoxy) is 7. The van der Waals surface area contributed by atoms with Crippen molar-refractivity contribution in [2.45, 2.75) is 176 Å². The quantitative estimate of drug-likeness (QED) is 0.0423. The van der Waals surface area contributed by atoms with Gasteiger partial charge in [-0.1, -0.05) is 13.8 Å². The summed E-state index contributed by atoms with van der Waals surface area (Å²) in [5, 5.41) is 174. The maximum absolute atomic E-state index is 12.4. The molecule has 0 aromatic rings. The van der Waals surface area contributed by atoms with E-state index in [9.17, 15) is 91.3 Å². The summed E-state index contributed by atoms with van der Waals surface area (Å²) in [6.07, 6.45) is -39.8. The fraction of sp³-hybridized carbons (Fsp3) is 0.946. The third kappa shape index (κ3) is 13.8. The fourth-order valence-electron chi connectivity index (χ4n) is 7.47. The molecule has 64 heavy (non-hydrogen) atoms. The molecule has 3 aliphatic heterocycles. The molecule has 0 spiro atoms. The Kier molecular flexibility index (Phi) is 22.4. The van der Waals surface area contributed by atoms with E-state index in [2.05, 4.69) is 10.6 Å². The predicted octanol–water partition coefficient (Wildman–Crippen LogP) is -10.1. The van der Waals surface area contributed by atoms with Crippen molar-refractivity contribution in [2.24, 2.45) is 11.8 Å². The SMILES string of the molecule is CC(=O)NC1[C@H](O[C@@H]2C(CO)O[C@@H](C)C(NC(C)=O)[C@H]2O)OC(CO)[C@@H](O[C@H](O)C(O)[C@@H](O[C@H]2OC(CO)[C@@H](O)C(O)C2O)[C@H](O)C(C)CO[C@@H](O)C(O)[C@@H](O)[C@H](O)C(C)CO)[C@@H]1O. The average Bonchev–Trinajstić information content (AvgIpc) is 3.26. The molecule has 3 saturated heterocycles. The van der Waals surface area contributed by atoms with Gasteiger partial charge in [-0.25, -0.2) is 0 Å². The zero-order valence-corrected chi connectivity index (χ0v) is 35.8. The Bertz CT molecular complexity index is 1410. The van der Waals surface area contributed by atoms with Crippen molar-refractivity contribution in [3.05, 3.63) is 0 Å². The van der Waals surface area contributed by atoms with Crippen LogP contribution < -0.4 is 10.6 Å². The molecule has 0 radical (unpaired) electrons. The Morgan fingerprint density at radius 3 is 1.64 bits per heavy atom. The maximum atomic E-state index is 12.4. The molecule has 27 nitrogen and oxygen atoms in total. The molecule has 3 heterocycles. The van der Waals surface area contributed by atoms with Gasteiger partial charge in [0.25, 0.3) is 0 Å². The highest BCUT2D eigenvalue weighted by atomic mass is 16.7. The second-order valence-corrected chi connectivity index (χ2v) is 16.4. The smallest absolute Gasteiger partial charge is 0.217 e. The third-order valence-electron chi connectivity index (χ3n) is 11.4. The second-order valence-electron chi connectivity index (χ2n) is 16.4. The standard InChI is InChI=1S/C37H68N2O25/c1-11(6-40)21(46)26(51)28(53)34(56)58-10-12(2)22(47)33(64-37-29(54)27(52)23(48)16(7-41)60-37)30(55)35(57)62-31-18(9-43)61-36(20(25(31)50)39-15(5)45)63-32-17(8-42)59-13(3)19(24(32)49)38-14(4)44/h11-13,16-37,40-43,46-57H,6-10H2,1-5H3,(H,38,44)(H,39,45)/t11?,12?,13-,16?,17?,18?,19?,20?,21+,22+,23+,24+,25+,26-,27?,28?,29?,30?,31+,32+,33-,34+,35-,36-,37+/m0/s1. The lowest BCUT2D eigenvalue weighted by Crippen LogP contribution is -2.69. The summed E-state index contributed by atoms with van der Waals surface area (Å²) in [6, 6.07) is -2.75. The number of aliphatic hydroxyl groups excluding tert-OH is 16. The second kappa shape index (κ2) is 25.4. The lowest BCUT2D eigenvalue weighted by molar-refractivity contribution is -0.349. The molecule has 0 aromatic heterocycles. The largest absolute Gasteiger partial charge is 0.396 e. The highest BCUT2D eigenvalue weighted by Crippen LogP contribution is 2.32. The molecular formula is C37H68N2O25. The van der Waals surface area contributed by atoms with Crippen molar-refractivity contribution >= 4 is 11.8 Å². The highest BCUT2D eigenvalue weighted by molar-refractivity contribution is 5.73. The molecule has 2 amide bonds. The van der Waals surface area contributed by atoms with Gasteiger partial charge in [0.1, 0.15) is 91.5 Å². The monoisotopic (exact) mass is 940 g/mol. The summed E-state index contributed by atoms with van der Waals surface area (Å²) >= 11 is 0. The molecule has 0 aliphatic carbocycles. The number of rotatable bonds is 23. The first-order chi connectivity index (χ1) is 29.9. The Hall–Kier alpha value is -1.98. The van der Waals surface area contributed by atoms with Gasteiger partial charge in [0, 0.05) is 32.3 Å². The predicted molar refractivity (Wildman–Crippen MR) is 206 cm³/mol. The van der Waals surface area contributed by atoms with Crippen LogP contribution in [0.15, 0.2) is 0 Å². The molecule has 0 aromatic carbocycles. The van der Waals surface area contributed by atoms with Crippen molar-refractivity contribution < 1.29 is 124 Å². The number of amides is 2. The normalized spacial score (nSPS) is 38.4. The lowest BCUT2D eigenvalue weighted by Gasteiger charge is -2.49. The molecule has 3 aliphatic rings. The number of carbonyl (C=O) groups is 2. The minimum Gasteiger partial charge on any atom is -0.396 e. The number of carbonyl (C=O) groups excluding carboxylic acids is 2. The molecule has 376 valence electrons. The Morgan fingerprint density at radius 1 is 0.562 bits per heavy atom. The van der Waals surface area contributed by atoms with Crippen LogP contribution >= 0.6 is 0 Å². The van der Waals surface area contributed by atoms with Gasteiger partial charge in [-0.2, -0.15) is 0 Å². The van der Waals surface area contributed by atoms with Gasteiger partial charge in [-0.05, 0) is 6.92 Å². The van der Waals surface area contributed by atoms with Crippen LogP contribution in [0.4, 0.5) is 0 Å². The van der Waals surface area contributed by atoms with E-state index in [4.69, 9.17) is 33.2 Å². The molecule has 25 atom stereocenters. The van der Waals surface area contributed by atoms with Gasteiger partial charge in [0.15, 0.2) is 25.2 Å². The summed E-state index contributed by atoms with van der Waals surface area (Å²) in [6.45, 7) is 2.28.